The highest BCUT2D eigenvalue weighted by molar-refractivity contribution is 5.39. The second-order valence-corrected chi connectivity index (χ2v) is 4.65. The summed E-state index contributed by atoms with van der Waals surface area (Å²) in [7, 11) is 1.73. The zero-order valence-electron chi connectivity index (χ0n) is 10.3. The molecule has 3 atom stereocenters. The molecule has 1 aliphatic heterocycles. The standard InChI is InChI=1S/C12H20N2O2/c1-6-5-13-12(15)10-9(11(6)16-4)7(2)8(3)14-10/h6,11-15H,5H2,1-4H3. The van der Waals surface area contributed by atoms with Crippen LogP contribution in [0, 0.1) is 19.8 Å². The molecule has 16 heavy (non-hydrogen) atoms. The molecule has 1 aromatic heterocycles. The Balaban J connectivity index is 2.55. The average molecular weight is 224 g/mol. The summed E-state index contributed by atoms with van der Waals surface area (Å²) in [6, 6.07) is 0. The maximum Gasteiger partial charge on any atom is 0.146 e. The minimum atomic E-state index is -0.620. The monoisotopic (exact) mass is 224 g/mol. The lowest BCUT2D eigenvalue weighted by atomic mass is 9.95. The second kappa shape index (κ2) is 4.20. The minimum Gasteiger partial charge on any atom is -0.376 e. The highest BCUT2D eigenvalue weighted by Gasteiger charge is 2.31. The first-order valence-electron chi connectivity index (χ1n) is 5.69. The van der Waals surface area contributed by atoms with Crippen molar-refractivity contribution in [2.45, 2.75) is 33.1 Å². The van der Waals surface area contributed by atoms with Crippen LogP contribution in [0.5, 0.6) is 0 Å². The molecule has 0 saturated heterocycles. The van der Waals surface area contributed by atoms with E-state index in [9.17, 15) is 5.11 Å². The molecule has 2 heterocycles. The average Bonchev–Trinajstić information content (AvgIpc) is 2.48. The van der Waals surface area contributed by atoms with Crippen LogP contribution in [0.2, 0.25) is 0 Å². The fourth-order valence-corrected chi connectivity index (χ4v) is 2.49. The Labute approximate surface area is 96.0 Å². The molecule has 1 aliphatic rings. The Hall–Kier alpha value is -0.840. The van der Waals surface area contributed by atoms with Gasteiger partial charge in [0.15, 0.2) is 0 Å². The number of rotatable bonds is 1. The molecule has 0 spiro atoms. The van der Waals surface area contributed by atoms with E-state index in [1.165, 1.54) is 5.56 Å². The molecule has 4 heteroatoms. The zero-order chi connectivity index (χ0) is 11.9. The molecule has 1 aromatic rings. The van der Waals surface area contributed by atoms with Crippen molar-refractivity contribution < 1.29 is 9.84 Å². The maximum absolute atomic E-state index is 10.0. The summed E-state index contributed by atoms with van der Waals surface area (Å²) in [4.78, 5) is 3.25. The largest absolute Gasteiger partial charge is 0.376 e. The van der Waals surface area contributed by atoms with Crippen LogP contribution in [-0.4, -0.2) is 23.7 Å². The molecule has 4 nitrogen and oxygen atoms in total. The Morgan fingerprint density at radius 3 is 2.69 bits per heavy atom. The molecule has 0 saturated carbocycles. The predicted molar refractivity (Wildman–Crippen MR) is 62.1 cm³/mol. The van der Waals surface area contributed by atoms with Crippen LogP contribution in [0.1, 0.15) is 41.8 Å². The summed E-state index contributed by atoms with van der Waals surface area (Å²) < 4.78 is 5.58. The molecule has 3 unspecified atom stereocenters. The predicted octanol–water partition coefficient (Wildman–Crippen LogP) is 1.55. The van der Waals surface area contributed by atoms with E-state index in [0.29, 0.717) is 5.92 Å². The van der Waals surface area contributed by atoms with Crippen LogP contribution in [-0.2, 0) is 4.74 Å². The van der Waals surface area contributed by atoms with E-state index in [0.717, 1.165) is 23.5 Å². The van der Waals surface area contributed by atoms with Gasteiger partial charge in [0.05, 0.1) is 11.8 Å². The first kappa shape index (κ1) is 11.6. The van der Waals surface area contributed by atoms with Crippen molar-refractivity contribution in [2.24, 2.45) is 5.92 Å². The molecular weight excluding hydrogens is 204 g/mol. The van der Waals surface area contributed by atoms with Crippen LogP contribution in [0.3, 0.4) is 0 Å². The van der Waals surface area contributed by atoms with Crippen LogP contribution >= 0.6 is 0 Å². The summed E-state index contributed by atoms with van der Waals surface area (Å²) in [5.41, 5.74) is 4.26. The molecule has 0 aromatic carbocycles. The zero-order valence-corrected chi connectivity index (χ0v) is 10.3. The van der Waals surface area contributed by atoms with E-state index >= 15 is 0 Å². The van der Waals surface area contributed by atoms with Crippen LogP contribution in [0.4, 0.5) is 0 Å². The third-order valence-corrected chi connectivity index (χ3v) is 3.54. The van der Waals surface area contributed by atoms with Gasteiger partial charge >= 0.3 is 0 Å². The first-order valence-corrected chi connectivity index (χ1v) is 5.69. The molecule has 0 aliphatic carbocycles. The van der Waals surface area contributed by atoms with Gasteiger partial charge in [0.2, 0.25) is 0 Å². The highest BCUT2D eigenvalue weighted by atomic mass is 16.5. The Kier molecular flexibility index (Phi) is 3.06. The van der Waals surface area contributed by atoms with Gasteiger partial charge in [0, 0.05) is 24.9 Å². The third kappa shape index (κ3) is 1.67. The van der Waals surface area contributed by atoms with Gasteiger partial charge in [-0.05, 0) is 25.3 Å². The van der Waals surface area contributed by atoms with Crippen molar-refractivity contribution in [1.82, 2.24) is 10.3 Å². The number of ether oxygens (including phenoxy) is 1. The van der Waals surface area contributed by atoms with Crippen molar-refractivity contribution in [3.05, 3.63) is 22.5 Å². The molecular formula is C12H20N2O2. The Morgan fingerprint density at radius 1 is 1.38 bits per heavy atom. The highest BCUT2D eigenvalue weighted by Crippen LogP contribution is 2.36. The topological polar surface area (TPSA) is 57.3 Å². The number of H-pyrrole nitrogens is 1. The van der Waals surface area contributed by atoms with Crippen molar-refractivity contribution in [1.29, 1.82) is 0 Å². The van der Waals surface area contributed by atoms with Crippen molar-refractivity contribution in [2.75, 3.05) is 13.7 Å². The summed E-state index contributed by atoms with van der Waals surface area (Å²) in [6.07, 6.45) is -0.574. The van der Waals surface area contributed by atoms with Gasteiger partial charge in [0.1, 0.15) is 6.23 Å². The van der Waals surface area contributed by atoms with Gasteiger partial charge in [-0.25, -0.2) is 0 Å². The lowest BCUT2D eigenvalue weighted by Gasteiger charge is -2.21. The Morgan fingerprint density at radius 2 is 2.06 bits per heavy atom. The Bertz CT molecular complexity index is 387. The number of nitrogens with one attached hydrogen (secondary N) is 2. The van der Waals surface area contributed by atoms with Crippen LogP contribution < -0.4 is 5.32 Å². The molecule has 3 N–H and O–H groups in total. The number of hydrogen-bond acceptors (Lipinski definition) is 3. The number of aryl methyl sites for hydroxylation is 1. The normalized spacial score (nSPS) is 29.9. The SMILES string of the molecule is COC1c2c([nH]c(C)c2C)C(O)NCC1C. The number of aliphatic hydroxyl groups is 1. The molecule has 90 valence electrons. The number of aromatic nitrogens is 1. The van der Waals surface area contributed by atoms with Gasteiger partial charge in [-0.15, -0.1) is 0 Å². The van der Waals surface area contributed by atoms with Gasteiger partial charge in [-0.3, -0.25) is 5.32 Å². The van der Waals surface area contributed by atoms with Crippen LogP contribution in [0.15, 0.2) is 0 Å². The van der Waals surface area contributed by atoms with Crippen molar-refractivity contribution in [3.8, 4) is 0 Å². The molecule has 0 radical (unpaired) electrons. The van der Waals surface area contributed by atoms with E-state index in [2.05, 4.69) is 24.1 Å². The van der Waals surface area contributed by atoms with E-state index in [1.54, 1.807) is 7.11 Å². The molecule has 2 rings (SSSR count). The summed E-state index contributed by atoms with van der Waals surface area (Å²) >= 11 is 0. The third-order valence-electron chi connectivity index (χ3n) is 3.54. The molecule has 0 amide bonds. The van der Waals surface area contributed by atoms with Crippen molar-refractivity contribution >= 4 is 0 Å². The molecule has 0 bridgehead atoms. The fraction of sp³-hybridized carbons (Fsp3) is 0.667. The molecule has 0 fully saturated rings. The van der Waals surface area contributed by atoms with Gasteiger partial charge in [-0.2, -0.15) is 0 Å². The second-order valence-electron chi connectivity index (χ2n) is 4.65. The van der Waals surface area contributed by atoms with Gasteiger partial charge in [0.25, 0.3) is 0 Å². The minimum absolute atomic E-state index is 0.0459. The maximum atomic E-state index is 10.0. The summed E-state index contributed by atoms with van der Waals surface area (Å²) in [5, 5.41) is 13.1. The van der Waals surface area contributed by atoms with E-state index in [1.807, 2.05) is 6.92 Å². The number of aliphatic hydroxyl groups excluding tert-OH is 1. The lowest BCUT2D eigenvalue weighted by Crippen LogP contribution is -2.25. The van der Waals surface area contributed by atoms with Crippen LogP contribution in [0.25, 0.3) is 0 Å². The van der Waals surface area contributed by atoms with Crippen molar-refractivity contribution in [3.63, 3.8) is 0 Å². The number of fused-ring (bicyclic) bond motifs is 1. The lowest BCUT2D eigenvalue weighted by molar-refractivity contribution is 0.0580. The van der Waals surface area contributed by atoms with Gasteiger partial charge in [-0.1, -0.05) is 6.92 Å². The summed E-state index contributed by atoms with van der Waals surface area (Å²) in [5.74, 6) is 0.342. The fourth-order valence-electron chi connectivity index (χ4n) is 2.49. The first-order chi connectivity index (χ1) is 7.56. The van der Waals surface area contributed by atoms with Gasteiger partial charge < -0.3 is 14.8 Å². The van der Waals surface area contributed by atoms with E-state index in [4.69, 9.17) is 4.74 Å². The van der Waals surface area contributed by atoms with E-state index in [-0.39, 0.29) is 6.10 Å². The summed E-state index contributed by atoms with van der Waals surface area (Å²) in [6.45, 7) is 6.97. The number of aromatic amines is 1. The van der Waals surface area contributed by atoms with E-state index < -0.39 is 6.23 Å². The quantitative estimate of drug-likeness (QED) is 0.678. The smallest absolute Gasteiger partial charge is 0.146 e. The number of methoxy groups -OCH3 is 1. The number of hydrogen-bond donors (Lipinski definition) is 3.